The van der Waals surface area contributed by atoms with Crippen LogP contribution in [0, 0.1) is 0 Å². The molecule has 0 atom stereocenters. The van der Waals surface area contributed by atoms with Crippen molar-refractivity contribution in [3.8, 4) is 11.5 Å². The van der Waals surface area contributed by atoms with Crippen LogP contribution in [0.5, 0.6) is 11.5 Å². The highest BCUT2D eigenvalue weighted by atomic mass is 16.7. The number of rotatable bonds is 3. The number of nitrogens with one attached hydrogen (secondary N) is 1. The summed E-state index contributed by atoms with van der Waals surface area (Å²) in [6.45, 7) is 0.211. The first-order chi connectivity index (χ1) is 9.28. The van der Waals surface area contributed by atoms with Crippen molar-refractivity contribution in [1.29, 1.82) is 0 Å². The zero-order valence-corrected chi connectivity index (χ0v) is 10.5. The number of benzene rings is 2. The molecule has 1 aliphatic rings. The van der Waals surface area contributed by atoms with Gasteiger partial charge in [-0.15, -0.1) is 0 Å². The quantitative estimate of drug-likeness (QED) is 0.857. The largest absolute Gasteiger partial charge is 0.454 e. The topological polar surface area (TPSA) is 47.6 Å². The van der Waals surface area contributed by atoms with Crippen LogP contribution in [0.2, 0.25) is 0 Å². The fourth-order valence-electron chi connectivity index (χ4n) is 2.02. The summed E-state index contributed by atoms with van der Waals surface area (Å²) in [5.41, 5.74) is 2.15. The second-order valence-electron chi connectivity index (χ2n) is 4.23. The standard InChI is InChI=1S/C15H13NO3/c1-16-12-4-2-3-10(7-12)15(17)11-5-6-13-14(8-11)19-9-18-13/h2-8,16H,9H2,1H3. The van der Waals surface area contributed by atoms with E-state index < -0.39 is 0 Å². The first-order valence-electron chi connectivity index (χ1n) is 6.00. The van der Waals surface area contributed by atoms with Crippen LogP contribution in [-0.2, 0) is 0 Å². The molecule has 3 rings (SSSR count). The molecule has 0 fully saturated rings. The predicted molar refractivity (Wildman–Crippen MR) is 72.0 cm³/mol. The Bertz CT molecular complexity index is 637. The van der Waals surface area contributed by atoms with Gasteiger partial charge in [0.2, 0.25) is 6.79 Å². The van der Waals surface area contributed by atoms with Crippen LogP contribution in [0.25, 0.3) is 0 Å². The van der Waals surface area contributed by atoms with Gasteiger partial charge >= 0.3 is 0 Å². The van der Waals surface area contributed by atoms with E-state index in [9.17, 15) is 4.79 Å². The molecule has 4 nitrogen and oxygen atoms in total. The summed E-state index contributed by atoms with van der Waals surface area (Å²) in [6.07, 6.45) is 0. The zero-order valence-electron chi connectivity index (χ0n) is 10.5. The van der Waals surface area contributed by atoms with Crippen molar-refractivity contribution in [1.82, 2.24) is 0 Å². The predicted octanol–water partition coefficient (Wildman–Crippen LogP) is 2.69. The molecule has 0 bridgehead atoms. The van der Waals surface area contributed by atoms with Crippen molar-refractivity contribution in [2.45, 2.75) is 0 Å². The van der Waals surface area contributed by atoms with Crippen molar-refractivity contribution in [2.75, 3.05) is 19.2 Å². The van der Waals surface area contributed by atoms with E-state index in [-0.39, 0.29) is 12.6 Å². The van der Waals surface area contributed by atoms with E-state index in [1.165, 1.54) is 0 Å². The molecule has 1 N–H and O–H groups in total. The summed E-state index contributed by atoms with van der Waals surface area (Å²) in [4.78, 5) is 12.4. The molecule has 0 radical (unpaired) electrons. The highest BCUT2D eigenvalue weighted by molar-refractivity contribution is 6.09. The van der Waals surface area contributed by atoms with Crippen molar-refractivity contribution >= 4 is 11.5 Å². The summed E-state index contributed by atoms with van der Waals surface area (Å²) in [7, 11) is 1.82. The number of fused-ring (bicyclic) bond motifs is 1. The molecule has 96 valence electrons. The zero-order chi connectivity index (χ0) is 13.2. The summed E-state index contributed by atoms with van der Waals surface area (Å²) < 4.78 is 10.5. The number of ketones is 1. The molecule has 2 aromatic carbocycles. The van der Waals surface area contributed by atoms with E-state index in [2.05, 4.69) is 5.32 Å². The monoisotopic (exact) mass is 255 g/mol. The van der Waals surface area contributed by atoms with Gasteiger partial charge in [-0.2, -0.15) is 0 Å². The molecule has 0 amide bonds. The highest BCUT2D eigenvalue weighted by Gasteiger charge is 2.17. The Kier molecular flexibility index (Phi) is 2.83. The van der Waals surface area contributed by atoms with Crippen LogP contribution in [0.15, 0.2) is 42.5 Å². The van der Waals surface area contributed by atoms with E-state index in [1.807, 2.05) is 25.2 Å². The first-order valence-corrected chi connectivity index (χ1v) is 6.00. The minimum Gasteiger partial charge on any atom is -0.454 e. The van der Waals surface area contributed by atoms with Crippen molar-refractivity contribution < 1.29 is 14.3 Å². The Morgan fingerprint density at radius 2 is 1.84 bits per heavy atom. The third-order valence-electron chi connectivity index (χ3n) is 3.05. The molecule has 0 spiro atoms. The Morgan fingerprint density at radius 3 is 2.68 bits per heavy atom. The van der Waals surface area contributed by atoms with Gasteiger partial charge in [-0.1, -0.05) is 12.1 Å². The second kappa shape index (κ2) is 4.65. The first kappa shape index (κ1) is 11.6. The Morgan fingerprint density at radius 1 is 1.05 bits per heavy atom. The van der Waals surface area contributed by atoms with Gasteiger partial charge in [0, 0.05) is 23.9 Å². The lowest BCUT2D eigenvalue weighted by molar-refractivity contribution is 0.103. The smallest absolute Gasteiger partial charge is 0.231 e. The molecule has 1 aliphatic heterocycles. The SMILES string of the molecule is CNc1cccc(C(=O)c2ccc3c(c2)OCO3)c1. The minimum atomic E-state index is -0.0320. The number of ether oxygens (including phenoxy) is 2. The summed E-state index contributed by atoms with van der Waals surface area (Å²) in [5, 5.41) is 3.02. The van der Waals surface area contributed by atoms with Crippen LogP contribution in [0.1, 0.15) is 15.9 Å². The normalized spacial score (nSPS) is 12.3. The molecule has 19 heavy (non-hydrogen) atoms. The molecule has 0 saturated carbocycles. The fourth-order valence-corrected chi connectivity index (χ4v) is 2.02. The summed E-state index contributed by atoms with van der Waals surface area (Å²) in [5.74, 6) is 1.27. The fraction of sp³-hybridized carbons (Fsp3) is 0.133. The van der Waals surface area contributed by atoms with Crippen LogP contribution < -0.4 is 14.8 Å². The van der Waals surface area contributed by atoms with Gasteiger partial charge in [0.1, 0.15) is 0 Å². The maximum atomic E-state index is 12.4. The number of hydrogen-bond acceptors (Lipinski definition) is 4. The van der Waals surface area contributed by atoms with E-state index in [0.29, 0.717) is 22.6 Å². The Labute approximate surface area is 111 Å². The number of anilines is 1. The van der Waals surface area contributed by atoms with Crippen LogP contribution in [0.4, 0.5) is 5.69 Å². The molecule has 4 heteroatoms. The molecule has 0 aromatic heterocycles. The molecule has 0 saturated heterocycles. The van der Waals surface area contributed by atoms with E-state index in [0.717, 1.165) is 5.69 Å². The number of carbonyl (C=O) groups is 1. The van der Waals surface area contributed by atoms with Gasteiger partial charge in [0.25, 0.3) is 0 Å². The maximum Gasteiger partial charge on any atom is 0.231 e. The lowest BCUT2D eigenvalue weighted by Crippen LogP contribution is -2.02. The van der Waals surface area contributed by atoms with Crippen molar-refractivity contribution in [2.24, 2.45) is 0 Å². The second-order valence-corrected chi connectivity index (χ2v) is 4.23. The lowest BCUT2D eigenvalue weighted by Gasteiger charge is -2.05. The van der Waals surface area contributed by atoms with Crippen LogP contribution in [0.3, 0.4) is 0 Å². The average molecular weight is 255 g/mol. The van der Waals surface area contributed by atoms with Crippen molar-refractivity contribution in [3.63, 3.8) is 0 Å². The third kappa shape index (κ3) is 2.12. The number of carbonyl (C=O) groups excluding carboxylic acids is 1. The highest BCUT2D eigenvalue weighted by Crippen LogP contribution is 2.33. The minimum absolute atomic E-state index is 0.0320. The summed E-state index contributed by atoms with van der Waals surface area (Å²) in [6, 6.07) is 12.6. The molecular formula is C15H13NO3. The Hall–Kier alpha value is -2.49. The van der Waals surface area contributed by atoms with Gasteiger partial charge < -0.3 is 14.8 Å². The lowest BCUT2D eigenvalue weighted by atomic mass is 10.0. The van der Waals surface area contributed by atoms with Gasteiger partial charge in [-0.25, -0.2) is 0 Å². The maximum absolute atomic E-state index is 12.4. The molecule has 0 aliphatic carbocycles. The van der Waals surface area contributed by atoms with Gasteiger partial charge in [0.05, 0.1) is 0 Å². The average Bonchev–Trinajstić information content (AvgIpc) is 2.94. The van der Waals surface area contributed by atoms with E-state index in [1.54, 1.807) is 24.3 Å². The Balaban J connectivity index is 1.95. The molecule has 0 unspecified atom stereocenters. The van der Waals surface area contributed by atoms with Crippen molar-refractivity contribution in [3.05, 3.63) is 53.6 Å². The molecule has 2 aromatic rings. The number of hydrogen-bond donors (Lipinski definition) is 1. The molecular weight excluding hydrogens is 242 g/mol. The third-order valence-corrected chi connectivity index (χ3v) is 3.05. The van der Waals surface area contributed by atoms with Gasteiger partial charge in [-0.05, 0) is 30.3 Å². The van der Waals surface area contributed by atoms with Gasteiger partial charge in [-0.3, -0.25) is 4.79 Å². The van der Waals surface area contributed by atoms with E-state index in [4.69, 9.17) is 9.47 Å². The molecule has 1 heterocycles. The van der Waals surface area contributed by atoms with E-state index >= 15 is 0 Å². The van der Waals surface area contributed by atoms with Gasteiger partial charge in [0.15, 0.2) is 17.3 Å². The van der Waals surface area contributed by atoms with Crippen LogP contribution in [-0.4, -0.2) is 19.6 Å². The van der Waals surface area contributed by atoms with Crippen LogP contribution >= 0.6 is 0 Å². The summed E-state index contributed by atoms with van der Waals surface area (Å²) >= 11 is 0.